The number of hydrogen-bond acceptors (Lipinski definition) is 4. The predicted molar refractivity (Wildman–Crippen MR) is 92.4 cm³/mol. The first-order valence-corrected chi connectivity index (χ1v) is 7.63. The quantitative estimate of drug-likeness (QED) is 0.699. The summed E-state index contributed by atoms with van der Waals surface area (Å²) in [6.45, 7) is 2.15. The van der Waals surface area contributed by atoms with Crippen molar-refractivity contribution in [3.8, 4) is 0 Å². The molecule has 0 aliphatic rings. The first kappa shape index (κ1) is 15.3. The van der Waals surface area contributed by atoms with Crippen LogP contribution in [0.5, 0.6) is 0 Å². The Balaban J connectivity index is 1.86. The van der Waals surface area contributed by atoms with Gasteiger partial charge in [-0.2, -0.15) is 0 Å². The van der Waals surface area contributed by atoms with E-state index >= 15 is 0 Å². The maximum atomic E-state index is 11.7. The van der Waals surface area contributed by atoms with Gasteiger partial charge in [-0.1, -0.05) is 11.6 Å². The Bertz CT molecular complexity index is 847. The fraction of sp³-hybridized carbons (Fsp3) is 0.111. The van der Waals surface area contributed by atoms with Crippen LogP contribution in [-0.2, 0) is 4.74 Å². The van der Waals surface area contributed by atoms with Crippen LogP contribution in [0.25, 0.3) is 10.9 Å². The fourth-order valence-corrected chi connectivity index (χ4v) is 2.46. The van der Waals surface area contributed by atoms with Gasteiger partial charge in [-0.15, -0.1) is 0 Å². The molecule has 3 rings (SSSR count). The SMILES string of the molecule is CCOC(=O)c1ccc(Nc2ccnc3cc(Cl)ccc23)cc1. The standard InChI is InChI=1S/C18H15ClN2O2/c1-2-23-18(22)12-3-6-14(7-4-12)21-16-9-10-20-17-11-13(19)5-8-15(16)17/h3-11H,2H2,1H3,(H,20,21). The second-order valence-corrected chi connectivity index (χ2v) is 5.38. The fourth-order valence-electron chi connectivity index (χ4n) is 2.29. The summed E-state index contributed by atoms with van der Waals surface area (Å²) in [6.07, 6.45) is 1.73. The number of rotatable bonds is 4. The maximum Gasteiger partial charge on any atom is 0.338 e. The van der Waals surface area contributed by atoms with Gasteiger partial charge in [-0.25, -0.2) is 4.79 Å². The van der Waals surface area contributed by atoms with E-state index in [-0.39, 0.29) is 5.97 Å². The number of nitrogens with zero attached hydrogens (tertiary/aromatic N) is 1. The second kappa shape index (κ2) is 6.67. The van der Waals surface area contributed by atoms with Gasteiger partial charge in [0.2, 0.25) is 0 Å². The first-order valence-electron chi connectivity index (χ1n) is 7.26. The Morgan fingerprint density at radius 2 is 1.96 bits per heavy atom. The molecular formula is C18H15ClN2O2. The van der Waals surface area contributed by atoms with Crippen LogP contribution in [0.3, 0.4) is 0 Å². The molecule has 4 nitrogen and oxygen atoms in total. The van der Waals surface area contributed by atoms with Gasteiger partial charge in [-0.05, 0) is 55.5 Å². The van der Waals surface area contributed by atoms with Crippen LogP contribution in [0.15, 0.2) is 54.7 Å². The number of fused-ring (bicyclic) bond motifs is 1. The molecule has 0 saturated heterocycles. The number of anilines is 2. The number of ether oxygens (including phenoxy) is 1. The molecule has 0 aliphatic carbocycles. The summed E-state index contributed by atoms with van der Waals surface area (Å²) >= 11 is 6.00. The molecule has 0 amide bonds. The Morgan fingerprint density at radius 3 is 2.70 bits per heavy atom. The molecule has 0 radical (unpaired) electrons. The van der Waals surface area contributed by atoms with E-state index in [1.54, 1.807) is 25.3 Å². The summed E-state index contributed by atoms with van der Waals surface area (Å²) in [6, 6.07) is 14.6. The highest BCUT2D eigenvalue weighted by Crippen LogP contribution is 2.27. The molecule has 1 aromatic heterocycles. The van der Waals surface area contributed by atoms with Gasteiger partial charge < -0.3 is 10.1 Å². The number of carbonyl (C=O) groups is 1. The number of hydrogen-bond donors (Lipinski definition) is 1. The lowest BCUT2D eigenvalue weighted by molar-refractivity contribution is 0.0526. The summed E-state index contributed by atoms with van der Waals surface area (Å²) in [5.41, 5.74) is 3.16. The summed E-state index contributed by atoms with van der Waals surface area (Å²) in [7, 11) is 0. The molecule has 5 heteroatoms. The van der Waals surface area contributed by atoms with Crippen molar-refractivity contribution in [1.29, 1.82) is 0 Å². The lowest BCUT2D eigenvalue weighted by Crippen LogP contribution is -2.04. The average Bonchev–Trinajstić information content (AvgIpc) is 2.55. The van der Waals surface area contributed by atoms with E-state index in [2.05, 4.69) is 10.3 Å². The van der Waals surface area contributed by atoms with Crippen LogP contribution in [0, 0.1) is 0 Å². The lowest BCUT2D eigenvalue weighted by Gasteiger charge is -2.10. The van der Waals surface area contributed by atoms with Crippen molar-refractivity contribution in [3.05, 3.63) is 65.3 Å². The van der Waals surface area contributed by atoms with Gasteiger partial charge in [0.05, 0.1) is 17.7 Å². The van der Waals surface area contributed by atoms with E-state index in [4.69, 9.17) is 16.3 Å². The van der Waals surface area contributed by atoms with Crippen molar-refractivity contribution in [2.45, 2.75) is 6.92 Å². The highest BCUT2D eigenvalue weighted by molar-refractivity contribution is 6.31. The summed E-state index contributed by atoms with van der Waals surface area (Å²) in [4.78, 5) is 16.0. The molecule has 0 atom stereocenters. The Kier molecular flexibility index (Phi) is 4.44. The highest BCUT2D eigenvalue weighted by Gasteiger charge is 2.07. The summed E-state index contributed by atoms with van der Waals surface area (Å²) in [5.74, 6) is -0.317. The van der Waals surface area contributed by atoms with E-state index in [0.717, 1.165) is 22.3 Å². The number of benzene rings is 2. The zero-order chi connectivity index (χ0) is 16.2. The van der Waals surface area contributed by atoms with Crippen LogP contribution in [0.1, 0.15) is 17.3 Å². The number of aromatic nitrogens is 1. The second-order valence-electron chi connectivity index (χ2n) is 4.94. The molecule has 2 aromatic carbocycles. The van der Waals surface area contributed by atoms with E-state index in [0.29, 0.717) is 17.2 Å². The van der Waals surface area contributed by atoms with Crippen molar-refractivity contribution < 1.29 is 9.53 Å². The summed E-state index contributed by atoms with van der Waals surface area (Å²) in [5, 5.41) is 4.96. The van der Waals surface area contributed by atoms with E-state index in [1.165, 1.54) is 0 Å². The van der Waals surface area contributed by atoms with Crippen LogP contribution >= 0.6 is 11.6 Å². The molecule has 0 fully saturated rings. The van der Waals surface area contributed by atoms with Crippen molar-refractivity contribution in [3.63, 3.8) is 0 Å². The number of carbonyl (C=O) groups excluding carboxylic acids is 1. The van der Waals surface area contributed by atoms with Gasteiger partial charge in [0.25, 0.3) is 0 Å². The Hall–Kier alpha value is -2.59. The normalized spacial score (nSPS) is 10.5. The van der Waals surface area contributed by atoms with Crippen molar-refractivity contribution in [1.82, 2.24) is 4.98 Å². The van der Waals surface area contributed by atoms with Crippen LogP contribution in [-0.4, -0.2) is 17.6 Å². The molecule has 23 heavy (non-hydrogen) atoms. The molecule has 0 aliphatic heterocycles. The number of nitrogens with one attached hydrogen (secondary N) is 1. The Labute approximate surface area is 139 Å². The number of pyridine rings is 1. The maximum absolute atomic E-state index is 11.7. The molecule has 0 spiro atoms. The zero-order valence-electron chi connectivity index (χ0n) is 12.5. The van der Waals surface area contributed by atoms with Crippen LogP contribution in [0.4, 0.5) is 11.4 Å². The molecular weight excluding hydrogens is 312 g/mol. The van der Waals surface area contributed by atoms with Crippen molar-refractivity contribution in [2.75, 3.05) is 11.9 Å². The van der Waals surface area contributed by atoms with E-state index in [1.807, 2.05) is 36.4 Å². The average molecular weight is 327 g/mol. The third-order valence-electron chi connectivity index (χ3n) is 3.38. The third-order valence-corrected chi connectivity index (χ3v) is 3.61. The molecule has 0 unspecified atom stereocenters. The number of halogens is 1. The topological polar surface area (TPSA) is 51.2 Å². The van der Waals surface area contributed by atoms with Gasteiger partial charge in [0.1, 0.15) is 0 Å². The summed E-state index contributed by atoms with van der Waals surface area (Å²) < 4.78 is 4.97. The molecule has 116 valence electrons. The molecule has 1 N–H and O–H groups in total. The van der Waals surface area contributed by atoms with Crippen LogP contribution in [0.2, 0.25) is 5.02 Å². The molecule has 0 bridgehead atoms. The van der Waals surface area contributed by atoms with E-state index in [9.17, 15) is 4.79 Å². The largest absolute Gasteiger partial charge is 0.462 e. The smallest absolute Gasteiger partial charge is 0.338 e. The van der Waals surface area contributed by atoms with Crippen LogP contribution < -0.4 is 5.32 Å². The highest BCUT2D eigenvalue weighted by atomic mass is 35.5. The third kappa shape index (κ3) is 3.43. The van der Waals surface area contributed by atoms with Gasteiger partial charge in [0, 0.05) is 28.0 Å². The number of esters is 1. The minimum atomic E-state index is -0.317. The van der Waals surface area contributed by atoms with Gasteiger partial charge >= 0.3 is 5.97 Å². The van der Waals surface area contributed by atoms with Crippen molar-refractivity contribution >= 4 is 39.8 Å². The molecule has 1 heterocycles. The molecule has 0 saturated carbocycles. The van der Waals surface area contributed by atoms with E-state index < -0.39 is 0 Å². The minimum absolute atomic E-state index is 0.317. The predicted octanol–water partition coefficient (Wildman–Crippen LogP) is 4.81. The Morgan fingerprint density at radius 1 is 1.17 bits per heavy atom. The zero-order valence-corrected chi connectivity index (χ0v) is 13.3. The van der Waals surface area contributed by atoms with Gasteiger partial charge in [0.15, 0.2) is 0 Å². The monoisotopic (exact) mass is 326 g/mol. The minimum Gasteiger partial charge on any atom is -0.462 e. The lowest BCUT2D eigenvalue weighted by atomic mass is 10.1. The van der Waals surface area contributed by atoms with Crippen molar-refractivity contribution in [2.24, 2.45) is 0 Å². The van der Waals surface area contributed by atoms with Gasteiger partial charge in [-0.3, -0.25) is 4.98 Å². The molecule has 3 aromatic rings. The first-order chi connectivity index (χ1) is 11.2.